The number of rotatable bonds is 2. The zero-order chi connectivity index (χ0) is 12.4. The molecule has 1 aliphatic rings. The fourth-order valence-electron chi connectivity index (χ4n) is 2.20. The summed E-state index contributed by atoms with van der Waals surface area (Å²) in [4.78, 5) is 2.27. The normalized spacial score (nSPS) is 26.1. The maximum Gasteiger partial charge on any atom is 0.129 e. The molecule has 94 valence electrons. The molecule has 2 atom stereocenters. The first-order valence-electron chi connectivity index (χ1n) is 5.98. The van der Waals surface area contributed by atoms with E-state index in [4.69, 9.17) is 11.6 Å². The topological polar surface area (TPSA) is 15.3 Å². The molecule has 1 aliphatic heterocycles. The Bertz CT molecular complexity index is 377. The molecular weight excluding hydrogens is 239 g/mol. The molecular formula is C13H18ClFN2. The molecule has 17 heavy (non-hydrogen) atoms. The monoisotopic (exact) mass is 256 g/mol. The average molecular weight is 257 g/mol. The van der Waals surface area contributed by atoms with Crippen LogP contribution in [0.4, 0.5) is 4.39 Å². The average Bonchev–Trinajstić information content (AvgIpc) is 2.28. The highest BCUT2D eigenvalue weighted by Gasteiger charge is 2.23. The molecule has 0 saturated carbocycles. The van der Waals surface area contributed by atoms with Crippen LogP contribution in [0.2, 0.25) is 5.02 Å². The molecule has 0 aromatic heterocycles. The van der Waals surface area contributed by atoms with Crippen LogP contribution in [0.15, 0.2) is 18.2 Å². The fourth-order valence-corrected chi connectivity index (χ4v) is 2.43. The largest absolute Gasteiger partial charge is 0.311 e. The van der Waals surface area contributed by atoms with Crippen LogP contribution in [0, 0.1) is 5.82 Å². The number of halogens is 2. The maximum absolute atomic E-state index is 13.7. The summed E-state index contributed by atoms with van der Waals surface area (Å²) in [6, 6.07) is 5.71. The number of benzene rings is 1. The van der Waals surface area contributed by atoms with Crippen LogP contribution in [0.25, 0.3) is 0 Å². The Morgan fingerprint density at radius 3 is 2.94 bits per heavy atom. The maximum atomic E-state index is 13.7. The van der Waals surface area contributed by atoms with Gasteiger partial charge in [-0.1, -0.05) is 17.7 Å². The van der Waals surface area contributed by atoms with Crippen LogP contribution in [0.3, 0.4) is 0 Å². The van der Waals surface area contributed by atoms with Gasteiger partial charge >= 0.3 is 0 Å². The van der Waals surface area contributed by atoms with Crippen molar-refractivity contribution in [2.24, 2.45) is 0 Å². The minimum Gasteiger partial charge on any atom is -0.311 e. The van der Waals surface area contributed by atoms with Gasteiger partial charge in [0.2, 0.25) is 0 Å². The standard InChI is InChI=1S/C13H18ClFN2/c1-9-7-17(10(2)6-16-9)8-11-12(14)4-3-5-13(11)15/h3-5,9-10,16H,6-8H2,1-2H3. The van der Waals surface area contributed by atoms with E-state index in [1.807, 2.05) is 0 Å². The lowest BCUT2D eigenvalue weighted by Gasteiger charge is -2.37. The molecule has 1 heterocycles. The van der Waals surface area contributed by atoms with Gasteiger partial charge in [0.1, 0.15) is 5.82 Å². The van der Waals surface area contributed by atoms with Crippen molar-refractivity contribution >= 4 is 11.6 Å². The zero-order valence-electron chi connectivity index (χ0n) is 10.2. The van der Waals surface area contributed by atoms with E-state index in [1.54, 1.807) is 12.1 Å². The van der Waals surface area contributed by atoms with Gasteiger partial charge in [-0.3, -0.25) is 4.90 Å². The van der Waals surface area contributed by atoms with Gasteiger partial charge in [-0.05, 0) is 26.0 Å². The van der Waals surface area contributed by atoms with Gasteiger partial charge < -0.3 is 5.32 Å². The highest BCUT2D eigenvalue weighted by Crippen LogP contribution is 2.22. The van der Waals surface area contributed by atoms with Crippen molar-refractivity contribution in [1.29, 1.82) is 0 Å². The van der Waals surface area contributed by atoms with E-state index >= 15 is 0 Å². The van der Waals surface area contributed by atoms with Crippen molar-refractivity contribution in [1.82, 2.24) is 10.2 Å². The molecule has 1 aromatic rings. The van der Waals surface area contributed by atoms with E-state index in [2.05, 4.69) is 24.1 Å². The summed E-state index contributed by atoms with van der Waals surface area (Å²) in [6.45, 7) is 6.73. The van der Waals surface area contributed by atoms with Crippen LogP contribution in [-0.2, 0) is 6.54 Å². The van der Waals surface area contributed by atoms with E-state index in [0.717, 1.165) is 13.1 Å². The number of nitrogens with zero attached hydrogens (tertiary/aromatic N) is 1. The minimum atomic E-state index is -0.212. The second kappa shape index (κ2) is 5.34. The summed E-state index contributed by atoms with van der Waals surface area (Å²) in [5.41, 5.74) is 0.607. The summed E-state index contributed by atoms with van der Waals surface area (Å²) in [7, 11) is 0. The molecule has 2 rings (SSSR count). The predicted molar refractivity (Wildman–Crippen MR) is 68.7 cm³/mol. The fraction of sp³-hybridized carbons (Fsp3) is 0.538. The highest BCUT2D eigenvalue weighted by molar-refractivity contribution is 6.31. The Labute approximate surface area is 107 Å². The number of hydrogen-bond donors (Lipinski definition) is 1. The Balaban J connectivity index is 2.14. The molecule has 0 bridgehead atoms. The molecule has 1 aromatic carbocycles. The van der Waals surface area contributed by atoms with E-state index in [0.29, 0.717) is 29.2 Å². The molecule has 0 amide bonds. The third-order valence-electron chi connectivity index (χ3n) is 3.32. The molecule has 0 spiro atoms. The van der Waals surface area contributed by atoms with Crippen molar-refractivity contribution in [3.05, 3.63) is 34.6 Å². The van der Waals surface area contributed by atoms with Crippen LogP contribution < -0.4 is 5.32 Å². The molecule has 0 radical (unpaired) electrons. The number of hydrogen-bond acceptors (Lipinski definition) is 2. The van der Waals surface area contributed by atoms with Crippen molar-refractivity contribution in [3.63, 3.8) is 0 Å². The first-order chi connectivity index (χ1) is 8.08. The van der Waals surface area contributed by atoms with Crippen LogP contribution in [0.1, 0.15) is 19.4 Å². The van der Waals surface area contributed by atoms with Crippen molar-refractivity contribution in [3.8, 4) is 0 Å². The summed E-state index contributed by atoms with van der Waals surface area (Å²) in [5.74, 6) is -0.212. The Hall–Kier alpha value is -0.640. The molecule has 2 nitrogen and oxygen atoms in total. The first-order valence-corrected chi connectivity index (χ1v) is 6.36. The molecule has 4 heteroatoms. The summed E-state index contributed by atoms with van der Waals surface area (Å²) in [5, 5.41) is 3.93. The molecule has 1 N–H and O–H groups in total. The van der Waals surface area contributed by atoms with Gasteiger partial charge in [0.15, 0.2) is 0 Å². The number of piperazine rings is 1. The lowest BCUT2D eigenvalue weighted by Crippen LogP contribution is -2.53. The Morgan fingerprint density at radius 2 is 2.24 bits per heavy atom. The van der Waals surface area contributed by atoms with Crippen LogP contribution >= 0.6 is 11.6 Å². The van der Waals surface area contributed by atoms with Crippen molar-refractivity contribution in [2.75, 3.05) is 13.1 Å². The molecule has 2 unspecified atom stereocenters. The van der Waals surface area contributed by atoms with E-state index in [1.165, 1.54) is 6.07 Å². The number of nitrogens with one attached hydrogen (secondary N) is 1. The minimum absolute atomic E-state index is 0.212. The lowest BCUT2D eigenvalue weighted by molar-refractivity contribution is 0.137. The Morgan fingerprint density at radius 1 is 1.47 bits per heavy atom. The highest BCUT2D eigenvalue weighted by atomic mass is 35.5. The summed E-state index contributed by atoms with van der Waals surface area (Å²) < 4.78 is 13.7. The third kappa shape index (κ3) is 2.97. The van der Waals surface area contributed by atoms with Gasteiger partial charge in [-0.2, -0.15) is 0 Å². The quantitative estimate of drug-likeness (QED) is 0.875. The SMILES string of the molecule is CC1CN(Cc2c(F)cccc2Cl)C(C)CN1. The first kappa shape index (κ1) is 12.8. The van der Waals surface area contributed by atoms with Crippen LogP contribution in [0.5, 0.6) is 0 Å². The van der Waals surface area contributed by atoms with E-state index in [9.17, 15) is 4.39 Å². The molecule has 1 fully saturated rings. The van der Waals surface area contributed by atoms with Crippen molar-refractivity contribution in [2.45, 2.75) is 32.5 Å². The zero-order valence-corrected chi connectivity index (χ0v) is 11.0. The Kier molecular flexibility index (Phi) is 4.02. The van der Waals surface area contributed by atoms with Gasteiger partial charge in [0.25, 0.3) is 0 Å². The molecule has 0 aliphatic carbocycles. The summed E-state index contributed by atoms with van der Waals surface area (Å²) >= 11 is 6.05. The van der Waals surface area contributed by atoms with Crippen molar-refractivity contribution < 1.29 is 4.39 Å². The van der Waals surface area contributed by atoms with Gasteiger partial charge in [0, 0.05) is 42.3 Å². The van der Waals surface area contributed by atoms with E-state index in [-0.39, 0.29) is 5.82 Å². The van der Waals surface area contributed by atoms with Gasteiger partial charge in [-0.25, -0.2) is 4.39 Å². The smallest absolute Gasteiger partial charge is 0.129 e. The second-order valence-corrected chi connectivity index (χ2v) is 5.20. The summed E-state index contributed by atoms with van der Waals surface area (Å²) in [6.07, 6.45) is 0. The second-order valence-electron chi connectivity index (χ2n) is 4.79. The van der Waals surface area contributed by atoms with Gasteiger partial charge in [0.05, 0.1) is 0 Å². The molecule has 1 saturated heterocycles. The lowest BCUT2D eigenvalue weighted by atomic mass is 10.1. The van der Waals surface area contributed by atoms with Crippen LogP contribution in [-0.4, -0.2) is 30.1 Å². The van der Waals surface area contributed by atoms with E-state index < -0.39 is 0 Å². The predicted octanol–water partition coefficient (Wildman–Crippen LogP) is 2.66. The third-order valence-corrected chi connectivity index (χ3v) is 3.67. The van der Waals surface area contributed by atoms with Gasteiger partial charge in [-0.15, -0.1) is 0 Å².